The van der Waals surface area contributed by atoms with Crippen LogP contribution in [0.4, 0.5) is 0 Å². The quantitative estimate of drug-likeness (QED) is 0.548. The minimum Gasteiger partial charge on any atom is -0.270 e. The Balaban J connectivity index is 2.14. The molecule has 0 saturated carbocycles. The van der Waals surface area contributed by atoms with Gasteiger partial charge in [0.2, 0.25) is 0 Å². The molecule has 2 aromatic carbocycles. The third kappa shape index (κ3) is 3.50. The molecule has 0 N–H and O–H groups in total. The summed E-state index contributed by atoms with van der Waals surface area (Å²) in [5.41, 5.74) is 4.64. The molecule has 0 atom stereocenters. The van der Waals surface area contributed by atoms with Crippen LogP contribution in [0.15, 0.2) is 47.6 Å². The Morgan fingerprint density at radius 1 is 1.00 bits per heavy atom. The SMILES string of the molecule is CCCSc1nnc(-c2ccc(Cl)cc2)n1-c1ccc(C)c(C)c1. The van der Waals surface area contributed by atoms with E-state index < -0.39 is 0 Å². The summed E-state index contributed by atoms with van der Waals surface area (Å²) >= 11 is 7.75. The number of aromatic nitrogens is 3. The second kappa shape index (κ2) is 7.41. The van der Waals surface area contributed by atoms with Gasteiger partial charge in [0.15, 0.2) is 11.0 Å². The van der Waals surface area contributed by atoms with Crippen molar-refractivity contribution in [2.75, 3.05) is 5.75 Å². The van der Waals surface area contributed by atoms with Crippen molar-refractivity contribution in [1.82, 2.24) is 14.8 Å². The lowest BCUT2D eigenvalue weighted by Gasteiger charge is -2.12. The number of nitrogens with zero attached hydrogens (tertiary/aromatic N) is 3. The maximum atomic E-state index is 6.02. The molecule has 0 aliphatic heterocycles. The molecule has 3 aromatic rings. The van der Waals surface area contributed by atoms with Gasteiger partial charge in [-0.25, -0.2) is 0 Å². The minimum absolute atomic E-state index is 0.719. The van der Waals surface area contributed by atoms with E-state index in [0.29, 0.717) is 0 Å². The molecule has 0 aliphatic carbocycles. The molecular weight excluding hydrogens is 338 g/mol. The largest absolute Gasteiger partial charge is 0.270 e. The van der Waals surface area contributed by atoms with E-state index in [4.69, 9.17) is 11.6 Å². The average molecular weight is 358 g/mol. The molecule has 0 aliphatic rings. The Morgan fingerprint density at radius 3 is 2.42 bits per heavy atom. The Kier molecular flexibility index (Phi) is 5.27. The van der Waals surface area contributed by atoms with E-state index in [2.05, 4.69) is 53.7 Å². The fraction of sp³-hybridized carbons (Fsp3) is 0.263. The van der Waals surface area contributed by atoms with Gasteiger partial charge in [-0.05, 0) is 67.8 Å². The van der Waals surface area contributed by atoms with Crippen LogP contribution >= 0.6 is 23.4 Å². The first-order chi connectivity index (χ1) is 11.6. The first-order valence-electron chi connectivity index (χ1n) is 8.02. The third-order valence-electron chi connectivity index (χ3n) is 3.92. The van der Waals surface area contributed by atoms with Gasteiger partial charge in [-0.1, -0.05) is 36.4 Å². The van der Waals surface area contributed by atoms with Gasteiger partial charge in [-0.15, -0.1) is 10.2 Å². The van der Waals surface area contributed by atoms with E-state index in [1.165, 1.54) is 11.1 Å². The number of aryl methyl sites for hydroxylation is 2. The van der Waals surface area contributed by atoms with Crippen molar-refractivity contribution in [2.45, 2.75) is 32.3 Å². The van der Waals surface area contributed by atoms with Crippen molar-refractivity contribution in [1.29, 1.82) is 0 Å². The lowest BCUT2D eigenvalue weighted by atomic mass is 10.1. The van der Waals surface area contributed by atoms with Crippen molar-refractivity contribution in [2.24, 2.45) is 0 Å². The molecule has 124 valence electrons. The van der Waals surface area contributed by atoms with Crippen LogP contribution in [-0.4, -0.2) is 20.5 Å². The Hall–Kier alpha value is -1.78. The lowest BCUT2D eigenvalue weighted by molar-refractivity contribution is 0.882. The fourth-order valence-corrected chi connectivity index (χ4v) is 3.37. The summed E-state index contributed by atoms with van der Waals surface area (Å²) in [5.74, 6) is 1.86. The lowest BCUT2D eigenvalue weighted by Crippen LogP contribution is -2.01. The topological polar surface area (TPSA) is 30.7 Å². The first kappa shape index (κ1) is 17.1. The van der Waals surface area contributed by atoms with E-state index in [1.54, 1.807) is 11.8 Å². The number of hydrogen-bond acceptors (Lipinski definition) is 3. The predicted molar refractivity (Wildman–Crippen MR) is 102 cm³/mol. The van der Waals surface area contributed by atoms with Crippen LogP contribution in [0.25, 0.3) is 17.1 Å². The Morgan fingerprint density at radius 2 is 1.75 bits per heavy atom. The van der Waals surface area contributed by atoms with Gasteiger partial charge in [0.05, 0.1) is 5.69 Å². The molecule has 0 saturated heterocycles. The maximum absolute atomic E-state index is 6.02. The highest BCUT2D eigenvalue weighted by Crippen LogP contribution is 2.29. The molecule has 3 nitrogen and oxygen atoms in total. The molecule has 24 heavy (non-hydrogen) atoms. The standard InChI is InChI=1S/C19H20ClN3S/c1-4-11-24-19-22-21-18(15-6-8-16(20)9-7-15)23(19)17-10-5-13(2)14(3)12-17/h5-10,12H,4,11H2,1-3H3. The molecule has 0 spiro atoms. The summed E-state index contributed by atoms with van der Waals surface area (Å²) in [7, 11) is 0. The van der Waals surface area contributed by atoms with E-state index in [9.17, 15) is 0 Å². The molecule has 0 fully saturated rings. The van der Waals surface area contributed by atoms with Crippen LogP contribution in [0, 0.1) is 13.8 Å². The van der Waals surface area contributed by atoms with Gasteiger partial charge >= 0.3 is 0 Å². The number of benzene rings is 2. The number of thioether (sulfide) groups is 1. The third-order valence-corrected chi connectivity index (χ3v) is 5.31. The molecule has 5 heteroatoms. The summed E-state index contributed by atoms with van der Waals surface area (Å²) in [6, 6.07) is 14.2. The number of rotatable bonds is 5. The van der Waals surface area contributed by atoms with E-state index in [1.807, 2.05) is 24.3 Å². The Labute approximate surface area is 152 Å². The number of hydrogen-bond donors (Lipinski definition) is 0. The van der Waals surface area contributed by atoms with Crippen LogP contribution in [-0.2, 0) is 0 Å². The highest BCUT2D eigenvalue weighted by molar-refractivity contribution is 7.99. The zero-order valence-corrected chi connectivity index (χ0v) is 15.7. The van der Waals surface area contributed by atoms with Gasteiger partial charge in [-0.2, -0.15) is 0 Å². The van der Waals surface area contributed by atoms with Crippen LogP contribution in [0.2, 0.25) is 5.02 Å². The normalized spacial score (nSPS) is 11.0. The van der Waals surface area contributed by atoms with Crippen molar-refractivity contribution >= 4 is 23.4 Å². The van der Waals surface area contributed by atoms with Crippen molar-refractivity contribution in [3.8, 4) is 17.1 Å². The van der Waals surface area contributed by atoms with Crippen LogP contribution in [0.5, 0.6) is 0 Å². The molecule has 1 heterocycles. The second-order valence-electron chi connectivity index (χ2n) is 5.77. The minimum atomic E-state index is 0.719. The molecule has 1 aromatic heterocycles. The van der Waals surface area contributed by atoms with Crippen molar-refractivity contribution in [3.63, 3.8) is 0 Å². The van der Waals surface area contributed by atoms with Crippen LogP contribution < -0.4 is 0 Å². The second-order valence-corrected chi connectivity index (χ2v) is 7.26. The first-order valence-corrected chi connectivity index (χ1v) is 9.38. The van der Waals surface area contributed by atoms with Gasteiger partial charge in [0.1, 0.15) is 0 Å². The van der Waals surface area contributed by atoms with Crippen molar-refractivity contribution < 1.29 is 0 Å². The summed E-state index contributed by atoms with van der Waals surface area (Å²) in [6.45, 7) is 6.42. The predicted octanol–water partition coefficient (Wildman–Crippen LogP) is 5.71. The monoisotopic (exact) mass is 357 g/mol. The average Bonchev–Trinajstić information content (AvgIpc) is 3.00. The highest BCUT2D eigenvalue weighted by Gasteiger charge is 2.16. The summed E-state index contributed by atoms with van der Waals surface area (Å²) in [4.78, 5) is 0. The van der Waals surface area contributed by atoms with Gasteiger partial charge in [0.25, 0.3) is 0 Å². The van der Waals surface area contributed by atoms with Gasteiger partial charge in [-0.3, -0.25) is 4.57 Å². The molecule has 0 radical (unpaired) electrons. The van der Waals surface area contributed by atoms with E-state index in [0.717, 1.165) is 39.4 Å². The zero-order chi connectivity index (χ0) is 17.1. The molecular formula is C19H20ClN3S. The van der Waals surface area contributed by atoms with Crippen LogP contribution in [0.1, 0.15) is 24.5 Å². The fourth-order valence-electron chi connectivity index (χ4n) is 2.44. The zero-order valence-electron chi connectivity index (χ0n) is 14.1. The maximum Gasteiger partial charge on any atom is 0.196 e. The molecule has 0 unspecified atom stereocenters. The Bertz CT molecular complexity index is 840. The molecule has 3 rings (SSSR count). The van der Waals surface area contributed by atoms with Gasteiger partial charge in [0, 0.05) is 16.3 Å². The smallest absolute Gasteiger partial charge is 0.196 e. The number of halogens is 1. The molecule has 0 bridgehead atoms. The van der Waals surface area contributed by atoms with E-state index >= 15 is 0 Å². The summed E-state index contributed by atoms with van der Waals surface area (Å²) in [6.07, 6.45) is 1.10. The summed E-state index contributed by atoms with van der Waals surface area (Å²) < 4.78 is 2.13. The van der Waals surface area contributed by atoms with Gasteiger partial charge < -0.3 is 0 Å². The van der Waals surface area contributed by atoms with E-state index in [-0.39, 0.29) is 0 Å². The molecule has 0 amide bonds. The highest BCUT2D eigenvalue weighted by atomic mass is 35.5. The van der Waals surface area contributed by atoms with Crippen LogP contribution in [0.3, 0.4) is 0 Å². The van der Waals surface area contributed by atoms with Crippen molar-refractivity contribution in [3.05, 3.63) is 58.6 Å². The summed E-state index contributed by atoms with van der Waals surface area (Å²) in [5, 5.41) is 10.5.